The molecule has 10 heteroatoms. The van der Waals surface area contributed by atoms with E-state index in [1.54, 1.807) is 42.4 Å². The van der Waals surface area contributed by atoms with Crippen molar-refractivity contribution in [2.45, 2.75) is 26.3 Å². The van der Waals surface area contributed by atoms with Gasteiger partial charge in [-0.1, -0.05) is 23.4 Å². The van der Waals surface area contributed by atoms with Crippen LogP contribution in [0.3, 0.4) is 0 Å². The fraction of sp³-hybridized carbons (Fsp3) is 0.308. The molecule has 0 aliphatic carbocycles. The number of carbonyl (C=O) groups is 2. The van der Waals surface area contributed by atoms with Crippen molar-refractivity contribution in [1.29, 1.82) is 0 Å². The molecule has 0 saturated carbocycles. The minimum Gasteiger partial charge on any atom is -0.466 e. The molecule has 4 aromatic rings. The van der Waals surface area contributed by atoms with Crippen LogP contribution in [-0.4, -0.2) is 56.2 Å². The smallest absolute Gasteiger partial charge is 0.309 e. The maximum absolute atomic E-state index is 13.2. The molecular weight excluding hydrogens is 462 g/mol. The van der Waals surface area contributed by atoms with E-state index in [1.807, 2.05) is 18.2 Å². The van der Waals surface area contributed by atoms with Crippen molar-refractivity contribution in [2.24, 2.45) is 5.92 Å². The summed E-state index contributed by atoms with van der Waals surface area (Å²) in [6.45, 7) is 2.93. The zero-order chi connectivity index (χ0) is 25.1. The molecule has 1 aliphatic rings. The lowest BCUT2D eigenvalue weighted by atomic mass is 9.97. The quantitative estimate of drug-likeness (QED) is 0.381. The number of benzene rings is 1. The van der Waals surface area contributed by atoms with Gasteiger partial charge in [-0.2, -0.15) is 4.98 Å². The van der Waals surface area contributed by atoms with Crippen LogP contribution in [0.5, 0.6) is 0 Å². The average molecular weight is 488 g/mol. The minimum absolute atomic E-state index is 0.101. The predicted molar refractivity (Wildman–Crippen MR) is 131 cm³/mol. The Hall–Kier alpha value is -4.34. The van der Waals surface area contributed by atoms with E-state index in [4.69, 9.17) is 9.26 Å². The third-order valence-electron chi connectivity index (χ3n) is 6.37. The number of carbonyl (C=O) groups excluding carboxylic acids is 2. The van der Waals surface area contributed by atoms with Gasteiger partial charge in [-0.05, 0) is 38.0 Å². The monoisotopic (exact) mass is 487 g/mol. The number of nitrogens with zero attached hydrogens (tertiary/aromatic N) is 5. The minimum atomic E-state index is -0.345. The van der Waals surface area contributed by atoms with E-state index < -0.39 is 0 Å². The lowest BCUT2D eigenvalue weighted by Crippen LogP contribution is -2.43. The number of hydrogen-bond acceptors (Lipinski definition) is 8. The summed E-state index contributed by atoms with van der Waals surface area (Å²) in [7, 11) is 0. The number of ether oxygens (including phenoxy) is 1. The molecule has 0 N–H and O–H groups in total. The van der Waals surface area contributed by atoms with Gasteiger partial charge in [0.15, 0.2) is 0 Å². The van der Waals surface area contributed by atoms with Gasteiger partial charge in [0, 0.05) is 42.5 Å². The van der Waals surface area contributed by atoms with Crippen LogP contribution in [0, 0.1) is 5.92 Å². The van der Waals surface area contributed by atoms with Crippen LogP contribution in [0.4, 0.5) is 0 Å². The number of para-hydroxylation sites is 1. The highest BCUT2D eigenvalue weighted by Crippen LogP contribution is 2.28. The SMILES string of the molecule is CCOC(=O)C1CCN(C(=O)Cn2c(=O)cc(-c3nc(-c4ccncc4)no3)c3ccccc32)CC1. The summed E-state index contributed by atoms with van der Waals surface area (Å²) in [6, 6.07) is 12.3. The first kappa shape index (κ1) is 23.4. The largest absolute Gasteiger partial charge is 0.466 e. The van der Waals surface area contributed by atoms with Crippen LogP contribution in [0.25, 0.3) is 33.7 Å². The number of rotatable bonds is 6. The number of piperidine rings is 1. The summed E-state index contributed by atoms with van der Waals surface area (Å²) < 4.78 is 12.0. The standard InChI is InChI=1S/C26H25N5O5/c1-2-35-26(34)18-9-13-30(14-10-18)23(33)16-31-21-6-4-3-5-19(21)20(15-22(31)32)25-28-24(29-36-25)17-7-11-27-12-8-17/h3-8,11-12,15,18H,2,9-10,13-14,16H2,1H3. The van der Waals surface area contributed by atoms with Crippen LogP contribution in [0.1, 0.15) is 19.8 Å². The summed E-state index contributed by atoms with van der Waals surface area (Å²) in [5, 5.41) is 4.76. The fourth-order valence-corrected chi connectivity index (χ4v) is 4.49. The molecule has 3 aromatic heterocycles. The van der Waals surface area contributed by atoms with Gasteiger partial charge in [-0.25, -0.2) is 0 Å². The topological polar surface area (TPSA) is 120 Å². The third kappa shape index (κ3) is 4.61. The Morgan fingerprint density at radius 2 is 1.86 bits per heavy atom. The van der Waals surface area contributed by atoms with E-state index in [-0.39, 0.29) is 35.8 Å². The highest BCUT2D eigenvalue weighted by atomic mass is 16.5. The first-order valence-electron chi connectivity index (χ1n) is 11.9. The van der Waals surface area contributed by atoms with Gasteiger partial charge >= 0.3 is 5.97 Å². The van der Waals surface area contributed by atoms with Crippen LogP contribution >= 0.6 is 0 Å². The van der Waals surface area contributed by atoms with Gasteiger partial charge in [0.2, 0.25) is 11.7 Å². The number of amides is 1. The van der Waals surface area contributed by atoms with Gasteiger partial charge < -0.3 is 14.2 Å². The van der Waals surface area contributed by atoms with Crippen LogP contribution in [0.15, 0.2) is 64.2 Å². The van der Waals surface area contributed by atoms with Gasteiger partial charge in [-0.3, -0.25) is 23.9 Å². The Labute approximate surface area is 206 Å². The Kier molecular flexibility index (Phi) is 6.57. The number of pyridine rings is 2. The predicted octanol–water partition coefficient (Wildman–Crippen LogP) is 2.92. The van der Waals surface area contributed by atoms with E-state index in [0.717, 1.165) is 10.9 Å². The average Bonchev–Trinajstić information content (AvgIpc) is 3.41. The van der Waals surface area contributed by atoms with Gasteiger partial charge in [-0.15, -0.1) is 0 Å². The van der Waals surface area contributed by atoms with Crippen LogP contribution in [0.2, 0.25) is 0 Å². The molecule has 1 aliphatic heterocycles. The molecule has 0 spiro atoms. The van der Waals surface area contributed by atoms with Crippen molar-refractivity contribution in [3.05, 3.63) is 65.2 Å². The van der Waals surface area contributed by atoms with Crippen molar-refractivity contribution < 1.29 is 18.8 Å². The summed E-state index contributed by atoms with van der Waals surface area (Å²) >= 11 is 0. The highest BCUT2D eigenvalue weighted by Gasteiger charge is 2.28. The molecule has 0 atom stereocenters. The lowest BCUT2D eigenvalue weighted by molar-refractivity contribution is -0.151. The van der Waals surface area contributed by atoms with Gasteiger partial charge in [0.1, 0.15) is 6.54 Å². The Morgan fingerprint density at radius 3 is 2.61 bits per heavy atom. The second-order valence-corrected chi connectivity index (χ2v) is 8.57. The van der Waals surface area contributed by atoms with Crippen molar-refractivity contribution in [2.75, 3.05) is 19.7 Å². The Balaban J connectivity index is 1.40. The zero-order valence-electron chi connectivity index (χ0n) is 19.8. The molecule has 10 nitrogen and oxygen atoms in total. The number of aromatic nitrogens is 4. The summed E-state index contributed by atoms with van der Waals surface area (Å²) in [5.74, 6) is 0.0329. The van der Waals surface area contributed by atoms with Crippen molar-refractivity contribution in [1.82, 2.24) is 24.6 Å². The Morgan fingerprint density at radius 1 is 1.11 bits per heavy atom. The third-order valence-corrected chi connectivity index (χ3v) is 6.37. The molecule has 1 aromatic carbocycles. The number of hydrogen-bond donors (Lipinski definition) is 0. The second kappa shape index (κ2) is 10.1. The number of fused-ring (bicyclic) bond motifs is 1. The molecular formula is C26H25N5O5. The van der Waals surface area contributed by atoms with E-state index >= 15 is 0 Å². The second-order valence-electron chi connectivity index (χ2n) is 8.57. The molecule has 5 rings (SSSR count). The van der Waals surface area contributed by atoms with Crippen molar-refractivity contribution >= 4 is 22.8 Å². The zero-order valence-corrected chi connectivity index (χ0v) is 19.8. The molecule has 0 bridgehead atoms. The molecule has 4 heterocycles. The molecule has 1 fully saturated rings. The van der Waals surface area contributed by atoms with E-state index in [1.165, 1.54) is 10.6 Å². The van der Waals surface area contributed by atoms with Crippen molar-refractivity contribution in [3.63, 3.8) is 0 Å². The summed E-state index contributed by atoms with van der Waals surface area (Å²) in [6.07, 6.45) is 4.38. The first-order valence-corrected chi connectivity index (χ1v) is 11.9. The normalized spacial score (nSPS) is 14.2. The Bertz CT molecular complexity index is 1450. The van der Waals surface area contributed by atoms with E-state index in [9.17, 15) is 14.4 Å². The van der Waals surface area contributed by atoms with E-state index in [2.05, 4.69) is 15.1 Å². The molecule has 1 saturated heterocycles. The molecule has 0 unspecified atom stereocenters. The molecule has 1 amide bonds. The maximum atomic E-state index is 13.2. The molecule has 36 heavy (non-hydrogen) atoms. The lowest BCUT2D eigenvalue weighted by Gasteiger charge is -2.31. The maximum Gasteiger partial charge on any atom is 0.309 e. The van der Waals surface area contributed by atoms with Gasteiger partial charge in [0.05, 0.1) is 23.6 Å². The number of esters is 1. The number of likely N-dealkylation sites (tertiary alicyclic amines) is 1. The van der Waals surface area contributed by atoms with E-state index in [0.29, 0.717) is 49.4 Å². The molecule has 0 radical (unpaired) electrons. The van der Waals surface area contributed by atoms with Gasteiger partial charge in [0.25, 0.3) is 11.4 Å². The summed E-state index contributed by atoms with van der Waals surface area (Å²) in [5.41, 5.74) is 1.50. The first-order chi connectivity index (χ1) is 17.5. The molecule has 184 valence electrons. The highest BCUT2D eigenvalue weighted by molar-refractivity contribution is 5.93. The van der Waals surface area contributed by atoms with Crippen LogP contribution in [-0.2, 0) is 20.9 Å². The fourth-order valence-electron chi connectivity index (χ4n) is 4.49. The van der Waals surface area contributed by atoms with Crippen molar-refractivity contribution in [3.8, 4) is 22.8 Å². The van der Waals surface area contributed by atoms with Crippen LogP contribution < -0.4 is 5.56 Å². The summed E-state index contributed by atoms with van der Waals surface area (Å²) in [4.78, 5) is 48.4.